The minimum absolute atomic E-state index is 0.0380. The van der Waals surface area contributed by atoms with Crippen molar-refractivity contribution in [2.24, 2.45) is 10.8 Å². The van der Waals surface area contributed by atoms with Crippen LogP contribution in [0, 0.1) is 10.8 Å². The van der Waals surface area contributed by atoms with E-state index in [4.69, 9.17) is 13.6 Å². The van der Waals surface area contributed by atoms with Crippen molar-refractivity contribution in [2.45, 2.75) is 101 Å². The topological polar surface area (TPSA) is 27.7 Å². The minimum atomic E-state index is -1.37. The number of allylic oxidation sites excluding steroid dienone is 3. The van der Waals surface area contributed by atoms with Gasteiger partial charge in [0.05, 0.1) is 12.9 Å². The molecule has 0 bridgehead atoms. The zero-order valence-corrected chi connectivity index (χ0v) is 20.7. The van der Waals surface area contributed by atoms with Crippen LogP contribution in [0.25, 0.3) is 0 Å². The Kier molecular flexibility index (Phi) is 10.3. The first kappa shape index (κ1) is 25.2. The lowest BCUT2D eigenvalue weighted by Crippen LogP contribution is -2.16. The minimum Gasteiger partial charge on any atom is -0.426 e. The molecule has 0 aromatic heterocycles. The van der Waals surface area contributed by atoms with Crippen LogP contribution in [0.1, 0.15) is 101 Å². The van der Waals surface area contributed by atoms with Crippen LogP contribution in [0.3, 0.4) is 0 Å². The lowest BCUT2D eigenvalue weighted by molar-refractivity contribution is 0.209. The number of unbranched alkanes of at least 4 members (excludes halogenated alkanes) is 2. The fourth-order valence-corrected chi connectivity index (χ4v) is 3.82. The molecule has 3 nitrogen and oxygen atoms in total. The third kappa shape index (κ3) is 8.70. The molecule has 0 fully saturated rings. The van der Waals surface area contributed by atoms with E-state index in [0.717, 1.165) is 31.4 Å². The Hall–Kier alpha value is -0.790. The van der Waals surface area contributed by atoms with Crippen molar-refractivity contribution >= 4 is 8.60 Å². The molecule has 0 spiro atoms. The number of hydrogen-bond acceptors (Lipinski definition) is 3. The maximum absolute atomic E-state index is 6.35. The SMILES string of the molecule is CCC/C=C(\C/C(OP1OC=C(CCCC)CO1)=C(\C)C(C)(C)C)C(C)(C)C. The summed E-state index contributed by atoms with van der Waals surface area (Å²) in [5.74, 6) is 1.00. The van der Waals surface area contributed by atoms with E-state index >= 15 is 0 Å². The maximum Gasteiger partial charge on any atom is 0.462 e. The summed E-state index contributed by atoms with van der Waals surface area (Å²) in [6.45, 7) is 20.7. The Morgan fingerprint density at radius 2 is 1.79 bits per heavy atom. The van der Waals surface area contributed by atoms with Gasteiger partial charge >= 0.3 is 8.60 Å². The highest BCUT2D eigenvalue weighted by atomic mass is 31.2. The van der Waals surface area contributed by atoms with Gasteiger partial charge in [-0.05, 0) is 48.2 Å². The van der Waals surface area contributed by atoms with Crippen LogP contribution in [0.5, 0.6) is 0 Å². The molecular formula is C24H43O3P. The predicted octanol–water partition coefficient (Wildman–Crippen LogP) is 8.83. The zero-order valence-electron chi connectivity index (χ0n) is 19.8. The van der Waals surface area contributed by atoms with Crippen LogP contribution < -0.4 is 0 Å². The second-order valence-corrected chi connectivity index (χ2v) is 10.9. The monoisotopic (exact) mass is 410 g/mol. The molecule has 1 heterocycles. The van der Waals surface area contributed by atoms with Crippen molar-refractivity contribution < 1.29 is 13.6 Å². The Morgan fingerprint density at radius 3 is 2.25 bits per heavy atom. The van der Waals surface area contributed by atoms with Crippen LogP contribution in [0.4, 0.5) is 0 Å². The molecule has 1 unspecified atom stereocenters. The average Bonchev–Trinajstić information content (AvgIpc) is 2.61. The molecule has 0 aromatic rings. The summed E-state index contributed by atoms with van der Waals surface area (Å²) in [7, 11) is -1.37. The van der Waals surface area contributed by atoms with Crippen molar-refractivity contribution in [3.05, 3.63) is 34.8 Å². The molecule has 0 saturated heterocycles. The van der Waals surface area contributed by atoms with Crippen molar-refractivity contribution in [2.75, 3.05) is 6.61 Å². The normalized spacial score (nSPS) is 19.7. The van der Waals surface area contributed by atoms with Gasteiger partial charge in [0.2, 0.25) is 0 Å². The molecule has 4 heteroatoms. The van der Waals surface area contributed by atoms with Gasteiger partial charge in [-0.25, -0.2) is 0 Å². The summed E-state index contributed by atoms with van der Waals surface area (Å²) in [4.78, 5) is 0. The van der Waals surface area contributed by atoms with Gasteiger partial charge < -0.3 is 9.05 Å². The van der Waals surface area contributed by atoms with Crippen LogP contribution >= 0.6 is 8.60 Å². The molecular weight excluding hydrogens is 367 g/mol. The standard InChI is InChI=1S/C24H43O3P/c1-10-12-14-20-17-25-28(26-18-20)27-22(19(3)23(4,5)6)16-21(15-13-11-2)24(7,8)9/h15,17H,10-14,16,18H2,1-9H3/b21-15+,22-19-. The van der Waals surface area contributed by atoms with Crippen LogP contribution in [0.2, 0.25) is 0 Å². The van der Waals surface area contributed by atoms with Gasteiger partial charge in [0.15, 0.2) is 0 Å². The summed E-state index contributed by atoms with van der Waals surface area (Å²) < 4.78 is 18.1. The van der Waals surface area contributed by atoms with E-state index in [0.29, 0.717) is 6.61 Å². The van der Waals surface area contributed by atoms with Crippen LogP contribution in [-0.4, -0.2) is 6.61 Å². The summed E-state index contributed by atoms with van der Waals surface area (Å²) in [5.41, 5.74) is 4.04. The van der Waals surface area contributed by atoms with Gasteiger partial charge in [0, 0.05) is 6.42 Å². The third-order valence-electron chi connectivity index (χ3n) is 5.23. The fourth-order valence-electron chi connectivity index (χ4n) is 2.78. The van der Waals surface area contributed by atoms with Gasteiger partial charge in [0.25, 0.3) is 0 Å². The molecule has 0 N–H and O–H groups in total. The molecule has 162 valence electrons. The lowest BCUT2D eigenvalue weighted by Gasteiger charge is -2.30. The van der Waals surface area contributed by atoms with E-state index < -0.39 is 8.60 Å². The molecule has 28 heavy (non-hydrogen) atoms. The van der Waals surface area contributed by atoms with E-state index in [-0.39, 0.29) is 10.8 Å². The Labute approximate surface area is 175 Å². The van der Waals surface area contributed by atoms with Crippen molar-refractivity contribution in [1.29, 1.82) is 0 Å². The molecule has 0 aliphatic carbocycles. The molecule has 1 atom stereocenters. The molecule has 1 aliphatic rings. The van der Waals surface area contributed by atoms with Crippen molar-refractivity contribution in [3.63, 3.8) is 0 Å². The van der Waals surface area contributed by atoms with E-state index in [1.165, 1.54) is 29.6 Å². The third-order valence-corrected chi connectivity index (χ3v) is 6.22. The van der Waals surface area contributed by atoms with Gasteiger partial charge in [0.1, 0.15) is 5.76 Å². The highest BCUT2D eigenvalue weighted by molar-refractivity contribution is 7.42. The Balaban J connectivity index is 3.01. The largest absolute Gasteiger partial charge is 0.462 e. The number of hydrogen-bond donors (Lipinski definition) is 0. The van der Waals surface area contributed by atoms with Gasteiger partial charge in [-0.2, -0.15) is 0 Å². The first-order chi connectivity index (χ1) is 13.0. The average molecular weight is 411 g/mol. The van der Waals surface area contributed by atoms with Gasteiger partial charge in [-0.3, -0.25) is 4.52 Å². The Morgan fingerprint density at radius 1 is 1.11 bits per heavy atom. The smallest absolute Gasteiger partial charge is 0.426 e. The maximum atomic E-state index is 6.35. The van der Waals surface area contributed by atoms with Crippen LogP contribution in [-0.2, 0) is 13.6 Å². The second kappa shape index (κ2) is 11.4. The molecule has 1 rings (SSSR count). The quantitative estimate of drug-likeness (QED) is 0.216. The van der Waals surface area contributed by atoms with Gasteiger partial charge in [-0.1, -0.05) is 79.9 Å². The summed E-state index contributed by atoms with van der Waals surface area (Å²) >= 11 is 0. The molecule has 1 aliphatic heterocycles. The first-order valence-corrected chi connectivity index (χ1v) is 11.9. The summed E-state index contributed by atoms with van der Waals surface area (Å²) in [5, 5.41) is 0. The van der Waals surface area contributed by atoms with Gasteiger partial charge in [-0.15, -0.1) is 0 Å². The predicted molar refractivity (Wildman–Crippen MR) is 122 cm³/mol. The molecule has 0 amide bonds. The first-order valence-electron chi connectivity index (χ1n) is 10.8. The molecule has 0 saturated carbocycles. The lowest BCUT2D eigenvalue weighted by atomic mass is 9.80. The van der Waals surface area contributed by atoms with Crippen molar-refractivity contribution in [3.8, 4) is 0 Å². The molecule has 0 aromatic carbocycles. The number of rotatable bonds is 9. The van der Waals surface area contributed by atoms with E-state index in [2.05, 4.69) is 68.4 Å². The Bertz CT molecular complexity index is 574. The summed E-state index contributed by atoms with van der Waals surface area (Å²) in [6, 6.07) is 0. The zero-order chi connectivity index (χ0) is 21.4. The van der Waals surface area contributed by atoms with Crippen molar-refractivity contribution in [1.82, 2.24) is 0 Å². The fraction of sp³-hybridized carbons (Fsp3) is 0.750. The highest BCUT2D eigenvalue weighted by Crippen LogP contribution is 2.49. The van der Waals surface area contributed by atoms with E-state index in [1.54, 1.807) is 0 Å². The second-order valence-electron chi connectivity index (χ2n) is 9.82. The van der Waals surface area contributed by atoms with E-state index in [9.17, 15) is 0 Å². The highest BCUT2D eigenvalue weighted by Gasteiger charge is 2.28. The molecule has 0 radical (unpaired) electrons. The van der Waals surface area contributed by atoms with E-state index in [1.807, 2.05) is 6.26 Å². The van der Waals surface area contributed by atoms with Crippen LogP contribution in [0.15, 0.2) is 34.8 Å². The summed E-state index contributed by atoms with van der Waals surface area (Å²) in [6.07, 6.45) is 10.7.